The molecule has 0 unspecified atom stereocenters. The molecule has 1 heterocycles. The summed E-state index contributed by atoms with van der Waals surface area (Å²) in [7, 11) is -4.11. The first-order valence-corrected chi connectivity index (χ1v) is 8.17. The SMILES string of the molecule is NCc1cc(F)c(F)c(S(=O)(=O)NCC2CCOCC2)c1. The third kappa shape index (κ3) is 3.97. The van der Waals surface area contributed by atoms with Crippen molar-refractivity contribution in [1.82, 2.24) is 4.72 Å². The van der Waals surface area contributed by atoms with Gasteiger partial charge in [0.05, 0.1) is 0 Å². The Kier molecular flexibility index (Phi) is 5.26. The summed E-state index contributed by atoms with van der Waals surface area (Å²) in [5.74, 6) is -2.46. The molecule has 118 valence electrons. The molecule has 3 N–H and O–H groups in total. The molecule has 0 amide bonds. The standard InChI is InChI=1S/C13H18F2N2O3S/c14-11-5-10(7-16)6-12(13(11)15)21(18,19)17-8-9-1-3-20-4-2-9/h5-6,9,17H,1-4,7-8,16H2. The summed E-state index contributed by atoms with van der Waals surface area (Å²) in [6.07, 6.45) is 1.48. The molecular formula is C13H18F2N2O3S. The third-order valence-corrected chi connectivity index (χ3v) is 4.91. The molecule has 1 aliphatic heterocycles. The van der Waals surface area contributed by atoms with Crippen LogP contribution in [0, 0.1) is 17.6 Å². The van der Waals surface area contributed by atoms with Gasteiger partial charge < -0.3 is 10.5 Å². The highest BCUT2D eigenvalue weighted by Gasteiger charge is 2.24. The van der Waals surface area contributed by atoms with Gasteiger partial charge in [-0.25, -0.2) is 21.9 Å². The molecule has 0 atom stereocenters. The Morgan fingerprint density at radius 2 is 1.95 bits per heavy atom. The van der Waals surface area contributed by atoms with Crippen LogP contribution in [-0.2, 0) is 21.3 Å². The van der Waals surface area contributed by atoms with E-state index < -0.39 is 26.6 Å². The highest BCUT2D eigenvalue weighted by Crippen LogP contribution is 2.21. The minimum atomic E-state index is -4.11. The van der Waals surface area contributed by atoms with Crippen LogP contribution in [0.5, 0.6) is 0 Å². The quantitative estimate of drug-likeness (QED) is 0.852. The van der Waals surface area contributed by atoms with E-state index >= 15 is 0 Å². The molecule has 1 saturated heterocycles. The van der Waals surface area contributed by atoms with E-state index in [4.69, 9.17) is 10.5 Å². The van der Waals surface area contributed by atoms with E-state index in [1.54, 1.807) is 0 Å². The predicted octanol–water partition coefficient (Wildman–Crippen LogP) is 1.13. The fourth-order valence-electron chi connectivity index (χ4n) is 2.19. The highest BCUT2D eigenvalue weighted by atomic mass is 32.2. The number of hydrogen-bond donors (Lipinski definition) is 2. The molecule has 0 aromatic heterocycles. The van der Waals surface area contributed by atoms with Crippen LogP contribution in [0.15, 0.2) is 17.0 Å². The molecule has 1 aliphatic rings. The number of ether oxygens (including phenoxy) is 1. The molecule has 0 saturated carbocycles. The van der Waals surface area contributed by atoms with Crippen molar-refractivity contribution in [3.8, 4) is 0 Å². The number of sulfonamides is 1. The molecule has 21 heavy (non-hydrogen) atoms. The third-order valence-electron chi connectivity index (χ3n) is 3.48. The molecule has 1 aromatic carbocycles. The van der Waals surface area contributed by atoms with Crippen molar-refractivity contribution in [2.45, 2.75) is 24.3 Å². The Hall–Kier alpha value is -1.09. The number of hydrogen-bond acceptors (Lipinski definition) is 4. The van der Waals surface area contributed by atoms with Crippen molar-refractivity contribution >= 4 is 10.0 Å². The van der Waals surface area contributed by atoms with Crippen molar-refractivity contribution in [2.75, 3.05) is 19.8 Å². The van der Waals surface area contributed by atoms with Crippen molar-refractivity contribution < 1.29 is 21.9 Å². The van der Waals surface area contributed by atoms with Crippen LogP contribution in [0.4, 0.5) is 8.78 Å². The maximum Gasteiger partial charge on any atom is 0.243 e. The van der Waals surface area contributed by atoms with Crippen LogP contribution in [0.3, 0.4) is 0 Å². The van der Waals surface area contributed by atoms with E-state index in [0.717, 1.165) is 25.0 Å². The van der Waals surface area contributed by atoms with Gasteiger partial charge in [-0.2, -0.15) is 0 Å². The minimum Gasteiger partial charge on any atom is -0.381 e. The molecule has 0 bridgehead atoms. The van der Waals surface area contributed by atoms with E-state index in [-0.39, 0.29) is 24.6 Å². The van der Waals surface area contributed by atoms with Gasteiger partial charge in [0, 0.05) is 26.3 Å². The largest absolute Gasteiger partial charge is 0.381 e. The lowest BCUT2D eigenvalue weighted by atomic mass is 10.0. The molecule has 0 spiro atoms. The van der Waals surface area contributed by atoms with Gasteiger partial charge in [0.2, 0.25) is 10.0 Å². The van der Waals surface area contributed by atoms with Crippen LogP contribution in [0.25, 0.3) is 0 Å². The monoisotopic (exact) mass is 320 g/mol. The minimum absolute atomic E-state index is 0.0698. The van der Waals surface area contributed by atoms with Gasteiger partial charge in [-0.1, -0.05) is 0 Å². The van der Waals surface area contributed by atoms with E-state index in [1.807, 2.05) is 0 Å². The number of halogens is 2. The molecule has 2 rings (SSSR count). The fourth-order valence-corrected chi connectivity index (χ4v) is 3.44. The molecule has 5 nitrogen and oxygen atoms in total. The first-order valence-electron chi connectivity index (χ1n) is 6.69. The number of rotatable bonds is 5. The number of nitrogens with two attached hydrogens (primary N) is 1. The zero-order valence-electron chi connectivity index (χ0n) is 11.4. The summed E-state index contributed by atoms with van der Waals surface area (Å²) >= 11 is 0. The number of benzene rings is 1. The lowest BCUT2D eigenvalue weighted by molar-refractivity contribution is 0.0678. The zero-order valence-corrected chi connectivity index (χ0v) is 12.3. The van der Waals surface area contributed by atoms with Crippen molar-refractivity contribution in [3.63, 3.8) is 0 Å². The Morgan fingerprint density at radius 3 is 2.57 bits per heavy atom. The van der Waals surface area contributed by atoms with Gasteiger partial charge in [0.15, 0.2) is 11.6 Å². The van der Waals surface area contributed by atoms with Gasteiger partial charge in [-0.05, 0) is 36.5 Å². The lowest BCUT2D eigenvalue weighted by Crippen LogP contribution is -2.32. The second-order valence-electron chi connectivity index (χ2n) is 5.00. The average Bonchev–Trinajstić information content (AvgIpc) is 2.48. The lowest BCUT2D eigenvalue weighted by Gasteiger charge is -2.22. The van der Waals surface area contributed by atoms with Crippen LogP contribution in [0.1, 0.15) is 18.4 Å². The Labute approximate surface area is 122 Å². The van der Waals surface area contributed by atoms with E-state index in [2.05, 4.69) is 4.72 Å². The Bertz CT molecular complexity index is 602. The summed E-state index contributed by atoms with van der Waals surface area (Å²) in [5, 5.41) is 0. The van der Waals surface area contributed by atoms with Crippen LogP contribution >= 0.6 is 0 Å². The maximum atomic E-state index is 13.7. The summed E-state index contributed by atoms with van der Waals surface area (Å²) < 4.78 is 58.9. The smallest absolute Gasteiger partial charge is 0.243 e. The summed E-state index contributed by atoms with van der Waals surface area (Å²) in [6, 6.07) is 1.96. The number of nitrogens with one attached hydrogen (secondary N) is 1. The first kappa shape index (κ1) is 16.3. The van der Waals surface area contributed by atoms with Gasteiger partial charge >= 0.3 is 0 Å². The van der Waals surface area contributed by atoms with Crippen LogP contribution in [-0.4, -0.2) is 28.2 Å². The second-order valence-corrected chi connectivity index (χ2v) is 6.74. The maximum absolute atomic E-state index is 13.7. The summed E-state index contributed by atoms with van der Waals surface area (Å²) in [4.78, 5) is -0.699. The summed E-state index contributed by atoms with van der Waals surface area (Å²) in [5.41, 5.74) is 5.58. The average molecular weight is 320 g/mol. The van der Waals surface area contributed by atoms with E-state index in [0.29, 0.717) is 13.2 Å². The predicted molar refractivity (Wildman–Crippen MR) is 73.0 cm³/mol. The summed E-state index contributed by atoms with van der Waals surface area (Å²) in [6.45, 7) is 1.27. The topological polar surface area (TPSA) is 81.4 Å². The molecule has 1 aromatic rings. The van der Waals surface area contributed by atoms with Crippen LogP contribution < -0.4 is 10.5 Å². The normalized spacial score (nSPS) is 17.1. The van der Waals surface area contributed by atoms with E-state index in [9.17, 15) is 17.2 Å². The van der Waals surface area contributed by atoms with Crippen molar-refractivity contribution in [3.05, 3.63) is 29.3 Å². The highest BCUT2D eigenvalue weighted by molar-refractivity contribution is 7.89. The molecule has 0 radical (unpaired) electrons. The zero-order chi connectivity index (χ0) is 15.5. The Morgan fingerprint density at radius 1 is 1.29 bits per heavy atom. The van der Waals surface area contributed by atoms with Crippen LogP contribution in [0.2, 0.25) is 0 Å². The van der Waals surface area contributed by atoms with E-state index in [1.165, 1.54) is 0 Å². The van der Waals surface area contributed by atoms with Gasteiger partial charge in [-0.15, -0.1) is 0 Å². The molecule has 1 fully saturated rings. The van der Waals surface area contributed by atoms with Crippen molar-refractivity contribution in [1.29, 1.82) is 0 Å². The second kappa shape index (κ2) is 6.78. The Balaban J connectivity index is 2.16. The van der Waals surface area contributed by atoms with Gasteiger partial charge in [-0.3, -0.25) is 0 Å². The molecule has 0 aliphatic carbocycles. The van der Waals surface area contributed by atoms with Crippen molar-refractivity contribution in [2.24, 2.45) is 11.7 Å². The van der Waals surface area contributed by atoms with Gasteiger partial charge in [0.1, 0.15) is 4.90 Å². The molecular weight excluding hydrogens is 302 g/mol. The molecule has 8 heteroatoms. The van der Waals surface area contributed by atoms with Gasteiger partial charge in [0.25, 0.3) is 0 Å². The first-order chi connectivity index (χ1) is 9.94. The fraction of sp³-hybridized carbons (Fsp3) is 0.538.